The molecule has 0 radical (unpaired) electrons. The fraction of sp³-hybridized carbons (Fsp3) is 0.364. The van der Waals surface area contributed by atoms with Crippen molar-refractivity contribution in [3.05, 3.63) is 59.1 Å². The van der Waals surface area contributed by atoms with Gasteiger partial charge in [0.05, 0.1) is 18.1 Å². The Morgan fingerprint density at radius 2 is 1.75 bits per heavy atom. The number of hydrogen-bond donors (Lipinski definition) is 0. The Hall–Kier alpha value is -3.02. The van der Waals surface area contributed by atoms with Crippen LogP contribution in [0.5, 0.6) is 0 Å². The number of hydrazone groups is 1. The van der Waals surface area contributed by atoms with Crippen LogP contribution in [0.1, 0.15) is 28.9 Å². The lowest BCUT2D eigenvalue weighted by Crippen LogP contribution is -2.28. The van der Waals surface area contributed by atoms with Gasteiger partial charge in [-0.2, -0.15) is 10.1 Å². The van der Waals surface area contributed by atoms with Gasteiger partial charge in [0.2, 0.25) is 0 Å². The van der Waals surface area contributed by atoms with Crippen LogP contribution in [0, 0.1) is 44.4 Å². The zero-order valence-corrected chi connectivity index (χ0v) is 16.2. The van der Waals surface area contributed by atoms with Crippen molar-refractivity contribution in [2.75, 3.05) is 0 Å². The molecule has 1 saturated carbocycles. The second-order valence-corrected chi connectivity index (χ2v) is 8.09. The number of allylic oxidation sites excluding steroid dienone is 2. The monoisotopic (exact) mass is 374 g/mol. The van der Waals surface area contributed by atoms with E-state index in [4.69, 9.17) is 0 Å². The number of rotatable bonds is 3. The molecule has 6 heteroatoms. The third kappa shape index (κ3) is 2.33. The van der Waals surface area contributed by atoms with Crippen LogP contribution in [0.3, 0.4) is 0 Å². The quantitative estimate of drug-likeness (QED) is 0.471. The zero-order valence-electron chi connectivity index (χ0n) is 16.2. The van der Waals surface area contributed by atoms with Gasteiger partial charge in [0, 0.05) is 23.1 Å². The van der Waals surface area contributed by atoms with Crippen molar-refractivity contribution in [3.63, 3.8) is 0 Å². The van der Waals surface area contributed by atoms with Crippen molar-refractivity contribution in [2.24, 2.45) is 28.8 Å². The highest BCUT2D eigenvalue weighted by Crippen LogP contribution is 2.52. The maximum Gasteiger partial charge on any atom is 0.254 e. The van der Waals surface area contributed by atoms with Crippen molar-refractivity contribution in [2.45, 2.75) is 27.2 Å². The number of aryl methyl sites for hydroxylation is 2. The van der Waals surface area contributed by atoms with Crippen molar-refractivity contribution in [1.29, 1.82) is 0 Å². The number of imide groups is 1. The standard InChI is InChI=1S/C22H22N4O2/c1-12-4-7-18(23-10-12)25-13(2)8-17(14(25)3)11-24-26-21(27)19-15-5-6-16(9-15)20(19)22(26)28/h4-8,10-11,15-16,19-20H,9H2,1-3H3/t15-,16-,19-,20+/m0/s1. The van der Waals surface area contributed by atoms with Crippen molar-refractivity contribution in [1.82, 2.24) is 14.6 Å². The number of amides is 2. The highest BCUT2D eigenvalue weighted by molar-refractivity contribution is 6.06. The van der Waals surface area contributed by atoms with E-state index in [1.54, 1.807) is 6.21 Å². The summed E-state index contributed by atoms with van der Waals surface area (Å²) in [6.07, 6.45) is 8.57. The van der Waals surface area contributed by atoms with Crippen LogP contribution in [-0.4, -0.2) is 32.6 Å². The number of aromatic nitrogens is 2. The molecule has 28 heavy (non-hydrogen) atoms. The summed E-state index contributed by atoms with van der Waals surface area (Å²) in [4.78, 5) is 30.0. The number of carbonyl (C=O) groups excluding carboxylic acids is 2. The van der Waals surface area contributed by atoms with Gasteiger partial charge in [0.25, 0.3) is 11.8 Å². The Bertz CT molecular complexity index is 1020. The molecule has 0 unspecified atom stereocenters. The predicted octanol–water partition coefficient (Wildman–Crippen LogP) is 2.94. The largest absolute Gasteiger partial charge is 0.303 e. The van der Waals surface area contributed by atoms with Crippen molar-refractivity contribution < 1.29 is 9.59 Å². The van der Waals surface area contributed by atoms with Gasteiger partial charge < -0.3 is 4.57 Å². The van der Waals surface area contributed by atoms with E-state index < -0.39 is 0 Å². The molecule has 0 N–H and O–H groups in total. The lowest BCUT2D eigenvalue weighted by Gasteiger charge is -2.13. The molecule has 1 saturated heterocycles. The minimum Gasteiger partial charge on any atom is -0.303 e. The van der Waals surface area contributed by atoms with Crippen LogP contribution >= 0.6 is 0 Å². The Morgan fingerprint density at radius 1 is 1.07 bits per heavy atom. The predicted molar refractivity (Wildman–Crippen MR) is 105 cm³/mol. The lowest BCUT2D eigenvalue weighted by atomic mass is 9.85. The molecule has 0 spiro atoms. The second kappa shape index (κ2) is 5.99. The van der Waals surface area contributed by atoms with Gasteiger partial charge in [-0.1, -0.05) is 18.2 Å². The van der Waals surface area contributed by atoms with E-state index in [9.17, 15) is 9.59 Å². The number of pyridine rings is 1. The maximum atomic E-state index is 12.8. The zero-order chi connectivity index (χ0) is 19.6. The smallest absolute Gasteiger partial charge is 0.254 e. The van der Waals surface area contributed by atoms with E-state index in [-0.39, 0.29) is 35.5 Å². The highest BCUT2D eigenvalue weighted by atomic mass is 16.2. The van der Waals surface area contributed by atoms with E-state index >= 15 is 0 Å². The molecule has 2 aromatic heterocycles. The fourth-order valence-corrected chi connectivity index (χ4v) is 4.98. The molecule has 3 heterocycles. The number of hydrogen-bond acceptors (Lipinski definition) is 4. The van der Waals surface area contributed by atoms with Crippen LogP contribution < -0.4 is 0 Å². The van der Waals surface area contributed by atoms with Gasteiger partial charge in [-0.25, -0.2) is 4.98 Å². The van der Waals surface area contributed by atoms with E-state index in [1.165, 1.54) is 0 Å². The van der Waals surface area contributed by atoms with Crippen LogP contribution in [0.15, 0.2) is 41.6 Å². The fourth-order valence-electron chi connectivity index (χ4n) is 4.98. The van der Waals surface area contributed by atoms with Gasteiger partial charge in [-0.05, 0) is 56.7 Å². The number of nitrogens with zero attached hydrogens (tertiary/aromatic N) is 4. The first kappa shape index (κ1) is 17.1. The molecule has 3 aliphatic rings. The van der Waals surface area contributed by atoms with E-state index in [0.717, 1.165) is 39.8 Å². The van der Waals surface area contributed by atoms with Crippen LogP contribution in [0.4, 0.5) is 0 Å². The van der Waals surface area contributed by atoms with E-state index in [2.05, 4.69) is 22.2 Å². The topological polar surface area (TPSA) is 67.6 Å². The Morgan fingerprint density at radius 3 is 2.36 bits per heavy atom. The molecular weight excluding hydrogens is 352 g/mol. The Labute approximate surface area is 163 Å². The summed E-state index contributed by atoms with van der Waals surface area (Å²) >= 11 is 0. The summed E-state index contributed by atoms with van der Waals surface area (Å²) in [7, 11) is 0. The first-order valence-electron chi connectivity index (χ1n) is 9.68. The van der Waals surface area contributed by atoms with Crippen molar-refractivity contribution >= 4 is 18.0 Å². The summed E-state index contributed by atoms with van der Waals surface area (Å²) in [5.74, 6) is 0.487. The maximum absolute atomic E-state index is 12.8. The second-order valence-electron chi connectivity index (χ2n) is 8.09. The summed E-state index contributed by atoms with van der Waals surface area (Å²) in [6, 6.07) is 6.00. The SMILES string of the molecule is Cc1ccc(-n2c(C)cc(C=NN3C(=O)[C@@H]4[C@H](C3=O)[C@H]3C=C[C@H]4C3)c2C)nc1. The molecule has 2 aliphatic carbocycles. The van der Waals surface area contributed by atoms with Crippen molar-refractivity contribution in [3.8, 4) is 5.82 Å². The molecule has 2 aromatic rings. The number of carbonyl (C=O) groups is 2. The minimum atomic E-state index is -0.219. The molecule has 4 atom stereocenters. The molecular formula is C22H22N4O2. The molecule has 5 rings (SSSR count). The molecule has 1 aliphatic heterocycles. The summed E-state index contributed by atoms with van der Waals surface area (Å²) in [5, 5.41) is 5.40. The summed E-state index contributed by atoms with van der Waals surface area (Å²) in [5.41, 5.74) is 3.97. The van der Waals surface area contributed by atoms with Gasteiger partial charge >= 0.3 is 0 Å². The Kier molecular flexibility index (Phi) is 3.66. The van der Waals surface area contributed by atoms with Crippen LogP contribution in [0.25, 0.3) is 5.82 Å². The number of fused-ring (bicyclic) bond motifs is 5. The summed E-state index contributed by atoms with van der Waals surface area (Å²) < 4.78 is 2.05. The third-order valence-corrected chi connectivity index (χ3v) is 6.35. The first-order chi connectivity index (χ1) is 13.5. The molecule has 6 nitrogen and oxygen atoms in total. The average molecular weight is 374 g/mol. The highest BCUT2D eigenvalue weighted by Gasteiger charge is 2.59. The molecule has 2 bridgehead atoms. The Balaban J connectivity index is 1.44. The van der Waals surface area contributed by atoms with Gasteiger partial charge in [0.1, 0.15) is 5.82 Å². The molecule has 0 aromatic carbocycles. The lowest BCUT2D eigenvalue weighted by molar-refractivity contribution is -0.140. The van der Waals surface area contributed by atoms with Crippen LogP contribution in [0.2, 0.25) is 0 Å². The van der Waals surface area contributed by atoms with E-state index in [1.807, 2.05) is 49.7 Å². The van der Waals surface area contributed by atoms with Crippen LogP contribution in [-0.2, 0) is 9.59 Å². The van der Waals surface area contributed by atoms with Gasteiger partial charge in [-0.15, -0.1) is 0 Å². The third-order valence-electron chi connectivity index (χ3n) is 6.35. The minimum absolute atomic E-state index is 0.155. The molecule has 2 amide bonds. The normalized spacial score (nSPS) is 28.2. The van der Waals surface area contributed by atoms with Gasteiger partial charge in [0.15, 0.2) is 0 Å². The first-order valence-corrected chi connectivity index (χ1v) is 9.68. The molecule has 142 valence electrons. The average Bonchev–Trinajstić information content (AvgIpc) is 3.40. The molecule has 2 fully saturated rings. The van der Waals surface area contributed by atoms with Gasteiger partial charge in [-0.3, -0.25) is 9.59 Å². The summed E-state index contributed by atoms with van der Waals surface area (Å²) in [6.45, 7) is 6.00. The van der Waals surface area contributed by atoms with E-state index in [0.29, 0.717) is 0 Å².